The minimum absolute atomic E-state index is 0.695. The largest absolute Gasteiger partial charge is 0.378 e. The maximum Gasteiger partial charge on any atom is 0.0645 e. The summed E-state index contributed by atoms with van der Waals surface area (Å²) in [7, 11) is 0. The van der Waals surface area contributed by atoms with Gasteiger partial charge in [-0.25, -0.2) is 0 Å². The standard InChI is InChI=1S/C10H18N2O/c1-3-11-4-2-10(1)7-12(8-10)9-5-13-6-9/h9,11H,1-8H2. The van der Waals surface area contributed by atoms with Crippen molar-refractivity contribution in [2.75, 3.05) is 39.4 Å². The second-order valence-corrected chi connectivity index (χ2v) is 4.85. The average Bonchev–Trinajstić information content (AvgIpc) is 2.00. The molecule has 3 aliphatic rings. The van der Waals surface area contributed by atoms with Crippen molar-refractivity contribution in [2.45, 2.75) is 18.9 Å². The lowest BCUT2D eigenvalue weighted by Crippen LogP contribution is -2.66. The van der Waals surface area contributed by atoms with Crippen molar-refractivity contribution < 1.29 is 4.74 Å². The Balaban J connectivity index is 1.54. The smallest absolute Gasteiger partial charge is 0.0645 e. The molecule has 0 bridgehead atoms. The lowest BCUT2D eigenvalue weighted by atomic mass is 9.71. The maximum atomic E-state index is 5.21. The molecule has 0 atom stereocenters. The Labute approximate surface area is 79.4 Å². The van der Waals surface area contributed by atoms with E-state index in [1.807, 2.05) is 0 Å². The van der Waals surface area contributed by atoms with E-state index in [2.05, 4.69) is 10.2 Å². The van der Waals surface area contributed by atoms with Gasteiger partial charge in [0.25, 0.3) is 0 Å². The molecule has 0 radical (unpaired) electrons. The fourth-order valence-corrected chi connectivity index (χ4v) is 2.78. The lowest BCUT2D eigenvalue weighted by Gasteiger charge is -2.56. The highest BCUT2D eigenvalue weighted by molar-refractivity contribution is 5.00. The van der Waals surface area contributed by atoms with Crippen molar-refractivity contribution in [3.63, 3.8) is 0 Å². The first-order valence-corrected chi connectivity index (χ1v) is 5.41. The minimum atomic E-state index is 0.695. The average molecular weight is 182 g/mol. The number of nitrogens with one attached hydrogen (secondary N) is 1. The van der Waals surface area contributed by atoms with Crippen molar-refractivity contribution in [3.8, 4) is 0 Å². The molecular formula is C10H18N2O. The zero-order valence-corrected chi connectivity index (χ0v) is 8.09. The molecule has 3 heterocycles. The fourth-order valence-electron chi connectivity index (χ4n) is 2.78. The van der Waals surface area contributed by atoms with Gasteiger partial charge in [0.15, 0.2) is 0 Å². The van der Waals surface area contributed by atoms with Gasteiger partial charge in [0.05, 0.1) is 19.3 Å². The van der Waals surface area contributed by atoms with E-state index in [0.29, 0.717) is 5.41 Å². The summed E-state index contributed by atoms with van der Waals surface area (Å²) < 4.78 is 5.21. The Kier molecular flexibility index (Phi) is 1.86. The van der Waals surface area contributed by atoms with Gasteiger partial charge in [-0.05, 0) is 31.3 Å². The van der Waals surface area contributed by atoms with Crippen LogP contribution in [-0.2, 0) is 4.74 Å². The van der Waals surface area contributed by atoms with Gasteiger partial charge in [0, 0.05) is 13.1 Å². The number of piperidine rings is 1. The highest BCUT2D eigenvalue weighted by atomic mass is 16.5. The summed E-state index contributed by atoms with van der Waals surface area (Å²) in [5, 5.41) is 3.44. The van der Waals surface area contributed by atoms with Crippen molar-refractivity contribution >= 4 is 0 Å². The van der Waals surface area contributed by atoms with Gasteiger partial charge >= 0.3 is 0 Å². The Bertz CT molecular complexity index is 189. The zero-order valence-electron chi connectivity index (χ0n) is 8.09. The van der Waals surface area contributed by atoms with Crippen LogP contribution in [0.15, 0.2) is 0 Å². The lowest BCUT2D eigenvalue weighted by molar-refractivity contribution is -0.137. The van der Waals surface area contributed by atoms with E-state index >= 15 is 0 Å². The topological polar surface area (TPSA) is 24.5 Å². The quantitative estimate of drug-likeness (QED) is 0.621. The van der Waals surface area contributed by atoms with Crippen LogP contribution in [0.25, 0.3) is 0 Å². The Morgan fingerprint density at radius 2 is 1.85 bits per heavy atom. The van der Waals surface area contributed by atoms with Gasteiger partial charge in [0.1, 0.15) is 0 Å². The molecule has 0 saturated carbocycles. The van der Waals surface area contributed by atoms with Crippen LogP contribution >= 0.6 is 0 Å². The van der Waals surface area contributed by atoms with Crippen LogP contribution < -0.4 is 5.32 Å². The third kappa shape index (κ3) is 1.30. The van der Waals surface area contributed by atoms with Crippen LogP contribution in [0, 0.1) is 5.41 Å². The molecule has 74 valence electrons. The van der Waals surface area contributed by atoms with Gasteiger partial charge < -0.3 is 10.1 Å². The van der Waals surface area contributed by atoms with Crippen LogP contribution in [0.5, 0.6) is 0 Å². The van der Waals surface area contributed by atoms with Gasteiger partial charge in [-0.1, -0.05) is 0 Å². The Morgan fingerprint density at radius 1 is 1.15 bits per heavy atom. The first-order valence-electron chi connectivity index (χ1n) is 5.41. The molecule has 0 aromatic rings. The molecule has 1 spiro atoms. The van der Waals surface area contributed by atoms with Crippen LogP contribution in [-0.4, -0.2) is 50.3 Å². The third-order valence-electron chi connectivity index (χ3n) is 3.88. The van der Waals surface area contributed by atoms with E-state index < -0.39 is 0 Å². The molecule has 3 nitrogen and oxygen atoms in total. The molecule has 0 aromatic heterocycles. The minimum Gasteiger partial charge on any atom is -0.378 e. The summed E-state index contributed by atoms with van der Waals surface area (Å²) in [6, 6.07) is 0.764. The van der Waals surface area contributed by atoms with E-state index in [4.69, 9.17) is 4.74 Å². The van der Waals surface area contributed by atoms with Crippen LogP contribution in [0.2, 0.25) is 0 Å². The van der Waals surface area contributed by atoms with Gasteiger partial charge in [0.2, 0.25) is 0 Å². The predicted octanol–water partition coefficient (Wildman–Crippen LogP) is 0.0706. The number of ether oxygens (including phenoxy) is 1. The highest BCUT2D eigenvalue weighted by Crippen LogP contribution is 2.40. The number of nitrogens with zero attached hydrogens (tertiary/aromatic N) is 1. The Morgan fingerprint density at radius 3 is 2.38 bits per heavy atom. The van der Waals surface area contributed by atoms with Crippen LogP contribution in [0.4, 0.5) is 0 Å². The summed E-state index contributed by atoms with van der Waals surface area (Å²) in [6.07, 6.45) is 2.77. The normalized spacial score (nSPS) is 34.2. The second-order valence-electron chi connectivity index (χ2n) is 4.85. The molecule has 13 heavy (non-hydrogen) atoms. The van der Waals surface area contributed by atoms with E-state index in [1.54, 1.807) is 0 Å². The van der Waals surface area contributed by atoms with Crippen LogP contribution in [0.1, 0.15) is 12.8 Å². The fraction of sp³-hybridized carbons (Fsp3) is 1.00. The third-order valence-corrected chi connectivity index (χ3v) is 3.88. The molecule has 0 aromatic carbocycles. The predicted molar refractivity (Wildman–Crippen MR) is 50.7 cm³/mol. The molecule has 3 fully saturated rings. The summed E-state index contributed by atoms with van der Waals surface area (Å²) in [6.45, 7) is 7.10. The maximum absolute atomic E-state index is 5.21. The first-order chi connectivity index (χ1) is 6.38. The molecule has 0 aliphatic carbocycles. The second kappa shape index (κ2) is 2.94. The molecule has 3 saturated heterocycles. The summed E-state index contributed by atoms with van der Waals surface area (Å²) in [4.78, 5) is 2.61. The summed E-state index contributed by atoms with van der Waals surface area (Å²) in [5.41, 5.74) is 0.695. The van der Waals surface area contributed by atoms with Crippen LogP contribution in [0.3, 0.4) is 0 Å². The number of rotatable bonds is 1. The number of likely N-dealkylation sites (tertiary alicyclic amines) is 1. The molecule has 3 rings (SSSR count). The van der Waals surface area contributed by atoms with Crippen molar-refractivity contribution in [1.29, 1.82) is 0 Å². The summed E-state index contributed by atoms with van der Waals surface area (Å²) >= 11 is 0. The van der Waals surface area contributed by atoms with E-state index in [0.717, 1.165) is 19.3 Å². The monoisotopic (exact) mass is 182 g/mol. The Hall–Kier alpha value is -0.120. The van der Waals surface area contributed by atoms with Crippen molar-refractivity contribution in [3.05, 3.63) is 0 Å². The molecule has 1 N–H and O–H groups in total. The van der Waals surface area contributed by atoms with Gasteiger partial charge in [-0.2, -0.15) is 0 Å². The van der Waals surface area contributed by atoms with E-state index in [9.17, 15) is 0 Å². The molecule has 0 unspecified atom stereocenters. The molecule has 3 heteroatoms. The SMILES string of the molecule is C1CC2(CCN1)CN(C1COC1)C2. The molecule has 0 amide bonds. The number of hydrogen-bond donors (Lipinski definition) is 1. The van der Waals surface area contributed by atoms with Crippen molar-refractivity contribution in [2.24, 2.45) is 5.41 Å². The van der Waals surface area contributed by atoms with Gasteiger partial charge in [-0.15, -0.1) is 0 Å². The first kappa shape index (κ1) is 8.21. The van der Waals surface area contributed by atoms with E-state index in [-0.39, 0.29) is 0 Å². The van der Waals surface area contributed by atoms with Crippen molar-refractivity contribution in [1.82, 2.24) is 10.2 Å². The van der Waals surface area contributed by atoms with E-state index in [1.165, 1.54) is 39.0 Å². The molecule has 3 aliphatic heterocycles. The van der Waals surface area contributed by atoms with Gasteiger partial charge in [-0.3, -0.25) is 4.90 Å². The molecular weight excluding hydrogens is 164 g/mol. The highest BCUT2D eigenvalue weighted by Gasteiger charge is 2.46. The zero-order chi connectivity index (χ0) is 8.73. The summed E-state index contributed by atoms with van der Waals surface area (Å²) in [5.74, 6) is 0. The number of hydrogen-bond acceptors (Lipinski definition) is 3.